The van der Waals surface area contributed by atoms with Crippen LogP contribution in [0.15, 0.2) is 48.8 Å². The van der Waals surface area contributed by atoms with Gasteiger partial charge in [-0.05, 0) is 37.1 Å². The predicted octanol–water partition coefficient (Wildman–Crippen LogP) is 2.49. The molecule has 0 bridgehead atoms. The number of ether oxygens (including phenoxy) is 1. The number of anilines is 1. The first-order valence-electron chi connectivity index (χ1n) is 7.86. The Morgan fingerprint density at radius 2 is 2.26 bits per heavy atom. The molecule has 1 atom stereocenters. The van der Waals surface area contributed by atoms with Crippen molar-refractivity contribution >= 4 is 11.6 Å². The SMILES string of the molecule is COc1cccc(N2CCC[C@H](NC(=O)c3cccnc3)C2)c1. The summed E-state index contributed by atoms with van der Waals surface area (Å²) in [6.45, 7) is 1.80. The number of hydrogen-bond donors (Lipinski definition) is 1. The fourth-order valence-corrected chi connectivity index (χ4v) is 2.90. The van der Waals surface area contributed by atoms with E-state index in [9.17, 15) is 4.79 Å². The summed E-state index contributed by atoms with van der Waals surface area (Å²) in [4.78, 5) is 18.6. The van der Waals surface area contributed by atoms with Gasteiger partial charge in [0.15, 0.2) is 0 Å². The number of rotatable bonds is 4. The highest BCUT2D eigenvalue weighted by Crippen LogP contribution is 2.24. The highest BCUT2D eigenvalue weighted by molar-refractivity contribution is 5.94. The van der Waals surface area contributed by atoms with Crippen molar-refractivity contribution < 1.29 is 9.53 Å². The normalized spacial score (nSPS) is 17.6. The Bertz CT molecular complexity index is 660. The molecule has 0 unspecified atom stereocenters. The standard InChI is InChI=1S/C18H21N3O2/c1-23-17-8-2-7-16(11-17)21-10-4-6-15(13-21)20-18(22)14-5-3-9-19-12-14/h2-3,5,7-9,11-12,15H,4,6,10,13H2,1H3,(H,20,22)/t15-/m0/s1. The molecule has 120 valence electrons. The van der Waals surface area contributed by atoms with Crippen molar-refractivity contribution in [2.24, 2.45) is 0 Å². The lowest BCUT2D eigenvalue weighted by Crippen LogP contribution is -2.47. The maximum Gasteiger partial charge on any atom is 0.253 e. The second kappa shape index (κ2) is 7.13. The van der Waals surface area contributed by atoms with Gasteiger partial charge in [-0.2, -0.15) is 0 Å². The Morgan fingerprint density at radius 3 is 3.04 bits per heavy atom. The quantitative estimate of drug-likeness (QED) is 0.942. The first kappa shape index (κ1) is 15.3. The summed E-state index contributed by atoms with van der Waals surface area (Å²) >= 11 is 0. The Labute approximate surface area is 136 Å². The van der Waals surface area contributed by atoms with Crippen molar-refractivity contribution in [2.45, 2.75) is 18.9 Å². The fourth-order valence-electron chi connectivity index (χ4n) is 2.90. The number of aromatic nitrogens is 1. The van der Waals surface area contributed by atoms with Crippen LogP contribution in [0.4, 0.5) is 5.69 Å². The number of benzene rings is 1. The van der Waals surface area contributed by atoms with Gasteiger partial charge in [-0.25, -0.2) is 0 Å². The van der Waals surface area contributed by atoms with E-state index in [2.05, 4.69) is 21.3 Å². The first-order valence-corrected chi connectivity index (χ1v) is 7.86. The second-order valence-corrected chi connectivity index (χ2v) is 5.70. The highest BCUT2D eigenvalue weighted by atomic mass is 16.5. The molecule has 3 rings (SSSR count). The average molecular weight is 311 g/mol. The van der Waals surface area contributed by atoms with Crippen LogP contribution in [0.1, 0.15) is 23.2 Å². The predicted molar refractivity (Wildman–Crippen MR) is 89.9 cm³/mol. The van der Waals surface area contributed by atoms with Gasteiger partial charge in [0, 0.05) is 43.3 Å². The van der Waals surface area contributed by atoms with Gasteiger partial charge in [0.25, 0.3) is 5.91 Å². The van der Waals surface area contributed by atoms with Crippen molar-refractivity contribution in [3.05, 3.63) is 54.4 Å². The van der Waals surface area contributed by atoms with E-state index < -0.39 is 0 Å². The van der Waals surface area contributed by atoms with Crippen LogP contribution in [0, 0.1) is 0 Å². The average Bonchev–Trinajstić information content (AvgIpc) is 2.63. The lowest BCUT2D eigenvalue weighted by Gasteiger charge is -2.35. The minimum atomic E-state index is -0.0596. The number of nitrogens with zero attached hydrogens (tertiary/aromatic N) is 2. The number of methoxy groups -OCH3 is 1. The van der Waals surface area contributed by atoms with Gasteiger partial charge in [-0.3, -0.25) is 9.78 Å². The molecule has 1 fully saturated rings. The van der Waals surface area contributed by atoms with E-state index in [1.807, 2.05) is 18.2 Å². The number of carbonyl (C=O) groups excluding carboxylic acids is 1. The van der Waals surface area contributed by atoms with Crippen molar-refractivity contribution in [2.75, 3.05) is 25.1 Å². The monoisotopic (exact) mass is 311 g/mol. The van der Waals surface area contributed by atoms with Gasteiger partial charge in [0.2, 0.25) is 0 Å². The molecule has 5 heteroatoms. The molecule has 1 aliphatic heterocycles. The summed E-state index contributed by atoms with van der Waals surface area (Å²) in [5, 5.41) is 3.11. The molecule has 1 saturated heterocycles. The summed E-state index contributed by atoms with van der Waals surface area (Å²) in [6.07, 6.45) is 5.31. The van der Waals surface area contributed by atoms with E-state index in [1.54, 1.807) is 31.6 Å². The number of pyridine rings is 1. The number of amides is 1. The molecule has 1 aromatic carbocycles. The molecule has 1 N–H and O–H groups in total. The van der Waals surface area contributed by atoms with E-state index in [0.29, 0.717) is 5.56 Å². The van der Waals surface area contributed by atoms with Gasteiger partial charge in [0.05, 0.1) is 12.7 Å². The summed E-state index contributed by atoms with van der Waals surface area (Å²) < 4.78 is 5.29. The van der Waals surface area contributed by atoms with Crippen LogP contribution >= 0.6 is 0 Å². The van der Waals surface area contributed by atoms with Crippen LogP contribution in [0.25, 0.3) is 0 Å². The number of piperidine rings is 1. The molecule has 2 heterocycles. The van der Waals surface area contributed by atoms with Gasteiger partial charge in [-0.15, -0.1) is 0 Å². The molecular formula is C18H21N3O2. The summed E-state index contributed by atoms with van der Waals surface area (Å²) in [5.41, 5.74) is 1.73. The second-order valence-electron chi connectivity index (χ2n) is 5.70. The third-order valence-corrected chi connectivity index (χ3v) is 4.10. The van der Waals surface area contributed by atoms with E-state index in [0.717, 1.165) is 37.4 Å². The molecule has 0 saturated carbocycles. The summed E-state index contributed by atoms with van der Waals surface area (Å²) in [5.74, 6) is 0.791. The Kier molecular flexibility index (Phi) is 4.76. The first-order chi connectivity index (χ1) is 11.3. The molecule has 0 aliphatic carbocycles. The largest absolute Gasteiger partial charge is 0.497 e. The third kappa shape index (κ3) is 3.80. The third-order valence-electron chi connectivity index (χ3n) is 4.10. The smallest absolute Gasteiger partial charge is 0.253 e. The molecule has 5 nitrogen and oxygen atoms in total. The van der Waals surface area contributed by atoms with Crippen molar-refractivity contribution in [3.8, 4) is 5.75 Å². The van der Waals surface area contributed by atoms with Crippen molar-refractivity contribution in [1.29, 1.82) is 0 Å². The van der Waals surface area contributed by atoms with Crippen LogP contribution in [0.3, 0.4) is 0 Å². The van der Waals surface area contributed by atoms with E-state index in [4.69, 9.17) is 4.74 Å². The summed E-state index contributed by atoms with van der Waals surface area (Å²) in [6, 6.07) is 11.7. The maximum absolute atomic E-state index is 12.3. The van der Waals surface area contributed by atoms with Crippen LogP contribution < -0.4 is 15.0 Å². The van der Waals surface area contributed by atoms with Crippen molar-refractivity contribution in [3.63, 3.8) is 0 Å². The molecule has 0 radical (unpaired) electrons. The fraction of sp³-hybridized carbons (Fsp3) is 0.333. The molecule has 1 amide bonds. The highest BCUT2D eigenvalue weighted by Gasteiger charge is 2.22. The van der Waals surface area contributed by atoms with Crippen LogP contribution in [-0.2, 0) is 0 Å². The van der Waals surface area contributed by atoms with Gasteiger partial charge in [0.1, 0.15) is 5.75 Å². The van der Waals surface area contributed by atoms with Crippen LogP contribution in [-0.4, -0.2) is 37.1 Å². The summed E-state index contributed by atoms with van der Waals surface area (Å²) in [7, 11) is 1.67. The number of nitrogens with one attached hydrogen (secondary N) is 1. The maximum atomic E-state index is 12.3. The minimum Gasteiger partial charge on any atom is -0.497 e. The minimum absolute atomic E-state index is 0.0596. The number of hydrogen-bond acceptors (Lipinski definition) is 4. The molecule has 23 heavy (non-hydrogen) atoms. The van der Waals surface area contributed by atoms with Crippen LogP contribution in [0.5, 0.6) is 5.75 Å². The van der Waals surface area contributed by atoms with E-state index >= 15 is 0 Å². The zero-order valence-corrected chi connectivity index (χ0v) is 13.2. The molecule has 2 aromatic rings. The molecular weight excluding hydrogens is 290 g/mol. The lowest BCUT2D eigenvalue weighted by atomic mass is 10.0. The molecule has 1 aromatic heterocycles. The zero-order valence-electron chi connectivity index (χ0n) is 13.2. The van der Waals surface area contributed by atoms with Crippen LogP contribution in [0.2, 0.25) is 0 Å². The van der Waals surface area contributed by atoms with Gasteiger partial charge in [-0.1, -0.05) is 6.07 Å². The van der Waals surface area contributed by atoms with Gasteiger partial charge >= 0.3 is 0 Å². The van der Waals surface area contributed by atoms with Crippen molar-refractivity contribution in [1.82, 2.24) is 10.3 Å². The Hall–Kier alpha value is -2.56. The van der Waals surface area contributed by atoms with E-state index in [1.165, 1.54) is 0 Å². The lowest BCUT2D eigenvalue weighted by molar-refractivity contribution is 0.0933. The number of carbonyl (C=O) groups is 1. The Balaban J connectivity index is 1.65. The zero-order chi connectivity index (χ0) is 16.1. The Morgan fingerprint density at radius 1 is 1.35 bits per heavy atom. The molecule has 1 aliphatic rings. The van der Waals surface area contributed by atoms with Gasteiger partial charge < -0.3 is 15.0 Å². The molecule has 0 spiro atoms. The van der Waals surface area contributed by atoms with E-state index in [-0.39, 0.29) is 11.9 Å². The topological polar surface area (TPSA) is 54.5 Å².